The molecule has 0 saturated heterocycles. The van der Waals surface area contributed by atoms with Crippen LogP contribution in [0.3, 0.4) is 0 Å². The maximum absolute atomic E-state index is 12.6. The zero-order valence-corrected chi connectivity index (χ0v) is 16.0. The van der Waals surface area contributed by atoms with Gasteiger partial charge in [-0.15, -0.1) is 0 Å². The molecule has 1 atom stereocenters. The molecule has 1 N–H and O–H groups in total. The minimum Gasteiger partial charge on any atom is -0.480 e. The van der Waals surface area contributed by atoms with E-state index in [4.69, 9.17) is 16.3 Å². The Hall–Kier alpha value is -1.89. The third-order valence-corrected chi connectivity index (χ3v) is 6.30. The average molecular weight is 397 g/mol. The van der Waals surface area contributed by atoms with Crippen LogP contribution in [0.4, 0.5) is 0 Å². The van der Waals surface area contributed by atoms with Crippen molar-refractivity contribution in [3.8, 4) is 0 Å². The summed E-state index contributed by atoms with van der Waals surface area (Å²) in [5.41, 5.74) is 1.90. The summed E-state index contributed by atoms with van der Waals surface area (Å²) in [4.78, 5) is 11.5. The summed E-state index contributed by atoms with van der Waals surface area (Å²) in [5.74, 6) is -1.37. The molecule has 5 nitrogen and oxygen atoms in total. The van der Waals surface area contributed by atoms with Gasteiger partial charge in [-0.1, -0.05) is 41.4 Å². The first kappa shape index (κ1) is 20.4. The summed E-state index contributed by atoms with van der Waals surface area (Å²) in [6.07, 6.45) is 0.504. The van der Waals surface area contributed by atoms with Crippen LogP contribution in [0.15, 0.2) is 53.4 Å². The number of hydrogen-bond donors (Lipinski definition) is 1. The first-order valence-electron chi connectivity index (χ1n) is 8.16. The van der Waals surface area contributed by atoms with E-state index in [1.807, 2.05) is 25.1 Å². The number of carboxylic acids is 1. The number of benzene rings is 2. The molecule has 7 heteroatoms. The molecule has 0 radical (unpaired) electrons. The van der Waals surface area contributed by atoms with Crippen LogP contribution in [-0.4, -0.2) is 38.0 Å². The number of carboxylic acid groups (broad SMARTS) is 1. The van der Waals surface area contributed by atoms with E-state index in [0.29, 0.717) is 18.1 Å². The van der Waals surface area contributed by atoms with Gasteiger partial charge < -0.3 is 9.84 Å². The van der Waals surface area contributed by atoms with Gasteiger partial charge in [-0.2, -0.15) is 0 Å². The summed E-state index contributed by atoms with van der Waals surface area (Å²) in [6.45, 7) is 2.23. The van der Waals surface area contributed by atoms with Gasteiger partial charge >= 0.3 is 5.97 Å². The number of rotatable bonds is 9. The van der Waals surface area contributed by atoms with Crippen LogP contribution in [0.25, 0.3) is 0 Å². The Morgan fingerprint density at radius 1 is 1.15 bits per heavy atom. The Balaban J connectivity index is 1.92. The molecule has 0 saturated carbocycles. The molecule has 0 fully saturated rings. The van der Waals surface area contributed by atoms with Crippen LogP contribution in [0.2, 0.25) is 5.02 Å². The summed E-state index contributed by atoms with van der Waals surface area (Å²) < 4.78 is 30.6. The topological polar surface area (TPSA) is 80.7 Å². The zero-order valence-electron chi connectivity index (χ0n) is 14.4. The molecule has 0 bridgehead atoms. The van der Waals surface area contributed by atoms with Crippen molar-refractivity contribution >= 4 is 27.4 Å². The van der Waals surface area contributed by atoms with Crippen molar-refractivity contribution in [1.29, 1.82) is 0 Å². The van der Waals surface area contributed by atoms with Gasteiger partial charge in [-0.3, -0.25) is 4.79 Å². The minimum absolute atomic E-state index is 0.00873. The highest BCUT2D eigenvalue weighted by molar-refractivity contribution is 7.92. The Labute approximate surface area is 158 Å². The number of sulfone groups is 1. The number of hydrogen-bond acceptors (Lipinski definition) is 4. The molecule has 0 aromatic heterocycles. The van der Waals surface area contributed by atoms with Crippen molar-refractivity contribution in [3.63, 3.8) is 0 Å². The van der Waals surface area contributed by atoms with Crippen molar-refractivity contribution in [1.82, 2.24) is 0 Å². The monoisotopic (exact) mass is 396 g/mol. The smallest absolute Gasteiger partial charge is 0.322 e. The largest absolute Gasteiger partial charge is 0.480 e. The predicted octanol–water partition coefficient (Wildman–Crippen LogP) is 3.52. The van der Waals surface area contributed by atoms with E-state index in [-0.39, 0.29) is 17.9 Å². The van der Waals surface area contributed by atoms with Crippen LogP contribution in [0.1, 0.15) is 17.5 Å². The molecule has 140 valence electrons. The predicted molar refractivity (Wildman–Crippen MR) is 100 cm³/mol. The Bertz CT molecular complexity index is 846. The highest BCUT2D eigenvalue weighted by Gasteiger charge is 2.33. The fourth-order valence-electron chi connectivity index (χ4n) is 2.48. The average Bonchev–Trinajstić information content (AvgIpc) is 2.58. The van der Waals surface area contributed by atoms with Crippen LogP contribution in [0, 0.1) is 6.92 Å². The van der Waals surface area contributed by atoms with Gasteiger partial charge in [0.2, 0.25) is 0 Å². The highest BCUT2D eigenvalue weighted by atomic mass is 35.5. The highest BCUT2D eigenvalue weighted by Crippen LogP contribution is 2.19. The second-order valence-electron chi connectivity index (χ2n) is 5.97. The minimum atomic E-state index is -3.96. The van der Waals surface area contributed by atoms with Crippen molar-refractivity contribution < 1.29 is 23.1 Å². The van der Waals surface area contributed by atoms with Crippen molar-refractivity contribution in [2.45, 2.75) is 29.9 Å². The van der Waals surface area contributed by atoms with Crippen molar-refractivity contribution in [2.24, 2.45) is 0 Å². The molecule has 0 aliphatic carbocycles. The van der Waals surface area contributed by atoms with E-state index in [1.165, 1.54) is 12.1 Å². The lowest BCUT2D eigenvalue weighted by molar-refractivity contribution is -0.136. The molecule has 0 amide bonds. The molecule has 2 rings (SSSR count). The van der Waals surface area contributed by atoms with Gasteiger partial charge in [0.05, 0.1) is 11.5 Å². The summed E-state index contributed by atoms with van der Waals surface area (Å²) in [6, 6.07) is 13.5. The number of aryl methyl sites for hydroxylation is 1. The first-order chi connectivity index (χ1) is 12.3. The van der Waals surface area contributed by atoms with Gasteiger partial charge in [-0.05, 0) is 49.6 Å². The van der Waals surface area contributed by atoms with Crippen LogP contribution in [0.5, 0.6) is 0 Å². The zero-order chi connectivity index (χ0) is 19.2. The Kier molecular flexibility index (Phi) is 7.20. The number of ether oxygens (including phenoxy) is 1. The molecule has 1 unspecified atom stereocenters. The maximum atomic E-state index is 12.6. The molecule has 2 aromatic carbocycles. The van der Waals surface area contributed by atoms with Crippen LogP contribution >= 0.6 is 11.6 Å². The lowest BCUT2D eigenvalue weighted by Crippen LogP contribution is -2.31. The molecule has 0 heterocycles. The van der Waals surface area contributed by atoms with Gasteiger partial charge in [0.15, 0.2) is 15.1 Å². The summed E-state index contributed by atoms with van der Waals surface area (Å²) >= 11 is 5.91. The van der Waals surface area contributed by atoms with Gasteiger partial charge in [0, 0.05) is 11.6 Å². The molecule has 0 aliphatic heterocycles. The lowest BCUT2D eigenvalue weighted by atomic mass is 10.2. The lowest BCUT2D eigenvalue weighted by Gasteiger charge is -2.14. The van der Waals surface area contributed by atoms with E-state index in [9.17, 15) is 18.3 Å². The second-order valence-corrected chi connectivity index (χ2v) is 8.53. The second kappa shape index (κ2) is 9.16. The molecular weight excluding hydrogens is 376 g/mol. The summed E-state index contributed by atoms with van der Waals surface area (Å²) in [7, 11) is -3.96. The van der Waals surface area contributed by atoms with E-state index < -0.39 is 21.1 Å². The SMILES string of the molecule is Cc1ccc(S(=O)(=O)C(CCOCCc2cccc(Cl)c2)C(=O)O)cc1. The van der Waals surface area contributed by atoms with E-state index in [0.717, 1.165) is 11.1 Å². The van der Waals surface area contributed by atoms with E-state index in [1.54, 1.807) is 18.2 Å². The molecule has 0 spiro atoms. The third-order valence-electron chi connectivity index (χ3n) is 3.95. The van der Waals surface area contributed by atoms with Crippen molar-refractivity contribution in [2.75, 3.05) is 13.2 Å². The number of carbonyl (C=O) groups is 1. The number of halogens is 1. The molecule has 2 aromatic rings. The third kappa shape index (κ3) is 5.56. The van der Waals surface area contributed by atoms with E-state index in [2.05, 4.69) is 0 Å². The van der Waals surface area contributed by atoms with Gasteiger partial charge in [0.25, 0.3) is 0 Å². The van der Waals surface area contributed by atoms with Crippen LogP contribution in [-0.2, 0) is 25.8 Å². The number of aliphatic carboxylic acids is 1. The summed E-state index contributed by atoms with van der Waals surface area (Å²) in [5, 5.41) is 8.45. The van der Waals surface area contributed by atoms with E-state index >= 15 is 0 Å². The van der Waals surface area contributed by atoms with Gasteiger partial charge in [0.1, 0.15) is 0 Å². The standard InChI is InChI=1S/C19H21ClO5S/c1-14-5-7-17(8-6-14)26(23,24)18(19(21)22)10-12-25-11-9-15-3-2-4-16(20)13-15/h2-8,13,18H,9-12H2,1H3,(H,21,22). The Morgan fingerprint density at radius 3 is 2.46 bits per heavy atom. The molecular formula is C19H21ClO5S. The fraction of sp³-hybridized carbons (Fsp3) is 0.316. The molecule has 26 heavy (non-hydrogen) atoms. The quantitative estimate of drug-likeness (QED) is 0.656. The fourth-order valence-corrected chi connectivity index (χ4v) is 4.21. The Morgan fingerprint density at radius 2 is 1.85 bits per heavy atom. The van der Waals surface area contributed by atoms with Crippen LogP contribution < -0.4 is 0 Å². The van der Waals surface area contributed by atoms with Crippen molar-refractivity contribution in [3.05, 3.63) is 64.7 Å². The maximum Gasteiger partial charge on any atom is 0.322 e. The first-order valence-corrected chi connectivity index (χ1v) is 10.1. The molecule has 0 aliphatic rings. The normalized spacial score (nSPS) is 12.7. The van der Waals surface area contributed by atoms with Gasteiger partial charge in [-0.25, -0.2) is 8.42 Å².